The van der Waals surface area contributed by atoms with Crippen molar-refractivity contribution in [2.45, 2.75) is 39.3 Å². The molecule has 0 radical (unpaired) electrons. The maximum atomic E-state index is 6.15. The number of anilines is 1. The molecule has 1 aromatic carbocycles. The topological polar surface area (TPSA) is 38.5 Å². The standard InChI is InChI=1S/C15H25ClN2O/c1-11(2)18(7-8-19-4)15-10-14(16)6-5-13(15)9-12(3)17/h5-6,10-12H,7-9,17H2,1-4H3. The second-order valence-corrected chi connectivity index (χ2v) is 5.67. The van der Waals surface area contributed by atoms with Gasteiger partial charge in [-0.3, -0.25) is 0 Å². The van der Waals surface area contributed by atoms with Crippen LogP contribution >= 0.6 is 11.6 Å². The highest BCUT2D eigenvalue weighted by molar-refractivity contribution is 6.30. The lowest BCUT2D eigenvalue weighted by Crippen LogP contribution is -2.35. The van der Waals surface area contributed by atoms with Crippen LogP contribution in [0.4, 0.5) is 5.69 Å². The minimum Gasteiger partial charge on any atom is -0.383 e. The minimum absolute atomic E-state index is 0.136. The van der Waals surface area contributed by atoms with E-state index in [1.807, 2.05) is 19.1 Å². The van der Waals surface area contributed by atoms with Crippen molar-refractivity contribution in [3.8, 4) is 0 Å². The number of nitrogens with two attached hydrogens (primary N) is 1. The first-order chi connectivity index (χ1) is 8.95. The molecule has 0 aromatic heterocycles. The van der Waals surface area contributed by atoms with Gasteiger partial charge in [-0.05, 0) is 44.9 Å². The average Bonchev–Trinajstić information content (AvgIpc) is 2.32. The molecule has 3 nitrogen and oxygen atoms in total. The second kappa shape index (κ2) is 7.73. The molecular formula is C15H25ClN2O. The third kappa shape index (κ3) is 5.01. The zero-order valence-electron chi connectivity index (χ0n) is 12.3. The van der Waals surface area contributed by atoms with Crippen LogP contribution in [0.2, 0.25) is 5.02 Å². The Kier molecular flexibility index (Phi) is 6.63. The van der Waals surface area contributed by atoms with E-state index in [4.69, 9.17) is 22.1 Å². The lowest BCUT2D eigenvalue weighted by molar-refractivity contribution is 0.204. The SMILES string of the molecule is COCCN(c1cc(Cl)ccc1CC(C)N)C(C)C. The number of hydrogen-bond donors (Lipinski definition) is 1. The normalized spacial score (nSPS) is 12.8. The Hall–Kier alpha value is -0.770. The molecule has 0 aliphatic carbocycles. The number of nitrogens with zero attached hydrogens (tertiary/aromatic N) is 1. The van der Waals surface area contributed by atoms with E-state index in [0.29, 0.717) is 12.6 Å². The van der Waals surface area contributed by atoms with Gasteiger partial charge in [-0.25, -0.2) is 0 Å². The Morgan fingerprint density at radius 3 is 2.53 bits per heavy atom. The summed E-state index contributed by atoms with van der Waals surface area (Å²) in [4.78, 5) is 2.31. The highest BCUT2D eigenvalue weighted by Crippen LogP contribution is 2.27. The molecule has 4 heteroatoms. The molecule has 0 saturated heterocycles. The van der Waals surface area contributed by atoms with Crippen LogP contribution in [0.3, 0.4) is 0 Å². The van der Waals surface area contributed by atoms with Gasteiger partial charge < -0.3 is 15.4 Å². The summed E-state index contributed by atoms with van der Waals surface area (Å²) < 4.78 is 5.20. The number of benzene rings is 1. The molecule has 0 aliphatic heterocycles. The quantitative estimate of drug-likeness (QED) is 0.836. The van der Waals surface area contributed by atoms with Crippen molar-refractivity contribution < 1.29 is 4.74 Å². The van der Waals surface area contributed by atoms with Gasteiger partial charge in [0.1, 0.15) is 0 Å². The van der Waals surface area contributed by atoms with E-state index < -0.39 is 0 Å². The van der Waals surface area contributed by atoms with Crippen molar-refractivity contribution in [3.05, 3.63) is 28.8 Å². The molecule has 0 amide bonds. The predicted molar refractivity (Wildman–Crippen MR) is 83.2 cm³/mol. The molecule has 19 heavy (non-hydrogen) atoms. The summed E-state index contributed by atoms with van der Waals surface area (Å²) in [7, 11) is 1.72. The van der Waals surface area contributed by atoms with E-state index >= 15 is 0 Å². The van der Waals surface area contributed by atoms with Gasteiger partial charge in [-0.1, -0.05) is 17.7 Å². The maximum Gasteiger partial charge on any atom is 0.0637 e. The van der Waals surface area contributed by atoms with Crippen molar-refractivity contribution in [1.29, 1.82) is 0 Å². The molecule has 108 valence electrons. The fourth-order valence-electron chi connectivity index (χ4n) is 2.17. The van der Waals surface area contributed by atoms with Crippen molar-refractivity contribution >= 4 is 17.3 Å². The van der Waals surface area contributed by atoms with E-state index in [9.17, 15) is 0 Å². The summed E-state index contributed by atoms with van der Waals surface area (Å²) >= 11 is 6.15. The molecule has 0 fully saturated rings. The monoisotopic (exact) mass is 284 g/mol. The highest BCUT2D eigenvalue weighted by Gasteiger charge is 2.15. The number of halogens is 1. The van der Waals surface area contributed by atoms with E-state index in [-0.39, 0.29) is 6.04 Å². The third-order valence-corrected chi connectivity index (χ3v) is 3.29. The van der Waals surface area contributed by atoms with E-state index in [0.717, 1.165) is 23.7 Å². The van der Waals surface area contributed by atoms with Gasteiger partial charge in [-0.15, -0.1) is 0 Å². The molecule has 0 bridgehead atoms. The van der Waals surface area contributed by atoms with Crippen LogP contribution in [0, 0.1) is 0 Å². The largest absolute Gasteiger partial charge is 0.383 e. The molecule has 1 atom stereocenters. The van der Waals surface area contributed by atoms with Crippen LogP contribution in [0.15, 0.2) is 18.2 Å². The summed E-state index contributed by atoms with van der Waals surface area (Å²) in [6.45, 7) is 7.91. The maximum absolute atomic E-state index is 6.15. The Balaban J connectivity index is 3.07. The van der Waals surface area contributed by atoms with Crippen molar-refractivity contribution in [1.82, 2.24) is 0 Å². The fraction of sp³-hybridized carbons (Fsp3) is 0.600. The molecule has 1 aromatic rings. The van der Waals surface area contributed by atoms with Gasteiger partial charge in [0.05, 0.1) is 6.61 Å². The number of ether oxygens (including phenoxy) is 1. The Bertz CT molecular complexity index is 394. The zero-order valence-corrected chi connectivity index (χ0v) is 13.1. The first kappa shape index (κ1) is 16.3. The Morgan fingerprint density at radius 1 is 1.32 bits per heavy atom. The van der Waals surface area contributed by atoms with Gasteiger partial charge in [-0.2, -0.15) is 0 Å². The van der Waals surface area contributed by atoms with Crippen LogP contribution in [0.25, 0.3) is 0 Å². The molecule has 0 aliphatic rings. The van der Waals surface area contributed by atoms with Crippen LogP contribution < -0.4 is 10.6 Å². The molecule has 0 spiro atoms. The minimum atomic E-state index is 0.136. The first-order valence-electron chi connectivity index (χ1n) is 6.75. The summed E-state index contributed by atoms with van der Waals surface area (Å²) in [6.07, 6.45) is 0.850. The highest BCUT2D eigenvalue weighted by atomic mass is 35.5. The lowest BCUT2D eigenvalue weighted by Gasteiger charge is -2.31. The summed E-state index contributed by atoms with van der Waals surface area (Å²) in [5, 5.41) is 0.756. The van der Waals surface area contributed by atoms with E-state index in [1.54, 1.807) is 7.11 Å². The molecular weight excluding hydrogens is 260 g/mol. The average molecular weight is 285 g/mol. The number of rotatable bonds is 7. The summed E-state index contributed by atoms with van der Waals surface area (Å²) in [6, 6.07) is 6.55. The van der Waals surface area contributed by atoms with Gasteiger partial charge in [0.25, 0.3) is 0 Å². The number of hydrogen-bond acceptors (Lipinski definition) is 3. The van der Waals surface area contributed by atoms with Crippen LogP contribution in [-0.4, -0.2) is 32.3 Å². The van der Waals surface area contributed by atoms with Gasteiger partial charge in [0.2, 0.25) is 0 Å². The summed E-state index contributed by atoms with van der Waals surface area (Å²) in [5.74, 6) is 0. The van der Waals surface area contributed by atoms with Crippen molar-refractivity contribution in [2.24, 2.45) is 5.73 Å². The summed E-state index contributed by atoms with van der Waals surface area (Å²) in [5.41, 5.74) is 8.34. The second-order valence-electron chi connectivity index (χ2n) is 5.23. The van der Waals surface area contributed by atoms with Gasteiger partial charge >= 0.3 is 0 Å². The molecule has 1 unspecified atom stereocenters. The first-order valence-corrected chi connectivity index (χ1v) is 7.13. The zero-order chi connectivity index (χ0) is 14.4. The molecule has 0 saturated carbocycles. The van der Waals surface area contributed by atoms with Crippen molar-refractivity contribution in [3.63, 3.8) is 0 Å². The fourth-order valence-corrected chi connectivity index (χ4v) is 2.34. The smallest absolute Gasteiger partial charge is 0.0637 e. The van der Waals surface area contributed by atoms with Gasteiger partial charge in [0.15, 0.2) is 0 Å². The van der Waals surface area contributed by atoms with Crippen LogP contribution in [-0.2, 0) is 11.2 Å². The third-order valence-electron chi connectivity index (χ3n) is 3.06. The Labute approximate surface area is 121 Å². The van der Waals surface area contributed by atoms with Gasteiger partial charge in [0, 0.05) is 36.4 Å². The predicted octanol–water partition coefficient (Wildman–Crippen LogP) is 3.09. The molecule has 0 heterocycles. The van der Waals surface area contributed by atoms with Crippen LogP contribution in [0.1, 0.15) is 26.3 Å². The van der Waals surface area contributed by atoms with Crippen molar-refractivity contribution in [2.75, 3.05) is 25.2 Å². The van der Waals surface area contributed by atoms with E-state index in [2.05, 4.69) is 24.8 Å². The number of methoxy groups -OCH3 is 1. The molecule has 2 N–H and O–H groups in total. The lowest BCUT2D eigenvalue weighted by atomic mass is 10.0. The Morgan fingerprint density at radius 2 is 2.00 bits per heavy atom. The molecule has 1 rings (SSSR count). The van der Waals surface area contributed by atoms with Crippen LogP contribution in [0.5, 0.6) is 0 Å². The van der Waals surface area contributed by atoms with E-state index in [1.165, 1.54) is 5.56 Å².